The van der Waals surface area contributed by atoms with E-state index in [1.54, 1.807) is 46.9 Å². The molecule has 2 aromatic rings. The van der Waals surface area contributed by atoms with Crippen molar-refractivity contribution in [3.63, 3.8) is 0 Å². The van der Waals surface area contributed by atoms with Crippen molar-refractivity contribution >= 4 is 27.5 Å². The monoisotopic (exact) mass is 507 g/mol. The van der Waals surface area contributed by atoms with Crippen molar-refractivity contribution in [3.8, 4) is 11.6 Å². The van der Waals surface area contributed by atoms with Crippen LogP contribution in [0.2, 0.25) is 0 Å². The number of allylic oxidation sites excluding steroid dienone is 1. The first-order chi connectivity index (χ1) is 16.2. The molecule has 11 nitrogen and oxygen atoms in total. The number of nitrogens with zero attached hydrogens (tertiary/aromatic N) is 3. The molecule has 0 fully saturated rings. The minimum atomic E-state index is -4.12. The molecule has 1 atom stereocenters. The van der Waals surface area contributed by atoms with Crippen molar-refractivity contribution < 1.29 is 27.4 Å². The Kier molecular flexibility index (Phi) is 7.25. The fraction of sp³-hybridized carbons (Fsp3) is 0.478. The number of ether oxygens (including phenoxy) is 3. The van der Waals surface area contributed by atoms with Crippen LogP contribution in [0.4, 0.5) is 16.2 Å². The van der Waals surface area contributed by atoms with Gasteiger partial charge < -0.3 is 19.5 Å². The Hall–Kier alpha value is -3.41. The molecule has 2 N–H and O–H groups in total. The van der Waals surface area contributed by atoms with E-state index in [-0.39, 0.29) is 23.0 Å². The molecule has 1 aromatic carbocycles. The van der Waals surface area contributed by atoms with Crippen LogP contribution in [0, 0.1) is 6.92 Å². The van der Waals surface area contributed by atoms with Gasteiger partial charge in [0.1, 0.15) is 17.5 Å². The topological polar surface area (TPSA) is 124 Å². The molecule has 35 heavy (non-hydrogen) atoms. The number of amides is 1. The fourth-order valence-electron chi connectivity index (χ4n) is 3.53. The van der Waals surface area contributed by atoms with E-state index in [0.717, 1.165) is 5.70 Å². The first-order valence-electron chi connectivity index (χ1n) is 11.0. The number of hydrogen-bond donors (Lipinski definition) is 2. The normalized spacial score (nSPS) is 15.6. The summed E-state index contributed by atoms with van der Waals surface area (Å²) >= 11 is 0. The first-order valence-corrected chi connectivity index (χ1v) is 12.5. The molecule has 0 aliphatic carbocycles. The zero-order valence-electron chi connectivity index (χ0n) is 21.1. The highest BCUT2D eigenvalue weighted by molar-refractivity contribution is 7.93. The minimum Gasteiger partial charge on any atom is -0.484 e. The average molecular weight is 508 g/mol. The maximum absolute atomic E-state index is 14.0. The molecule has 1 amide bonds. The van der Waals surface area contributed by atoms with Crippen molar-refractivity contribution in [2.45, 2.75) is 51.2 Å². The van der Waals surface area contributed by atoms with Crippen LogP contribution in [0.3, 0.4) is 0 Å². The predicted octanol–water partition coefficient (Wildman–Crippen LogP) is 3.16. The van der Waals surface area contributed by atoms with E-state index >= 15 is 0 Å². The number of carbonyl (C=O) groups is 1. The van der Waals surface area contributed by atoms with Crippen LogP contribution in [-0.4, -0.2) is 56.2 Å². The van der Waals surface area contributed by atoms with Crippen LogP contribution in [0.1, 0.15) is 33.4 Å². The lowest BCUT2D eigenvalue weighted by Crippen LogP contribution is -2.47. The molecule has 1 aliphatic heterocycles. The number of sulfonamides is 1. The fourth-order valence-corrected chi connectivity index (χ4v) is 5.37. The molecule has 3 rings (SSSR count). The van der Waals surface area contributed by atoms with Gasteiger partial charge in [-0.25, -0.2) is 13.2 Å². The molecule has 0 unspecified atom stereocenters. The summed E-state index contributed by atoms with van der Waals surface area (Å²) in [5.41, 5.74) is 1.10. The number of anilines is 2. The highest BCUT2D eigenvalue weighted by Gasteiger charge is 2.39. The average Bonchev–Trinajstić information content (AvgIpc) is 3.04. The number of benzene rings is 1. The lowest BCUT2D eigenvalue weighted by Gasteiger charge is -2.36. The largest absolute Gasteiger partial charge is 0.484 e. The molecule has 12 heteroatoms. The lowest BCUT2D eigenvalue weighted by molar-refractivity contribution is 0.0636. The van der Waals surface area contributed by atoms with Crippen LogP contribution in [0.25, 0.3) is 0 Å². The Labute approximate surface area is 206 Å². The van der Waals surface area contributed by atoms with Gasteiger partial charge in [-0.3, -0.25) is 14.3 Å². The van der Waals surface area contributed by atoms with Crippen molar-refractivity contribution in [1.82, 2.24) is 15.1 Å². The van der Waals surface area contributed by atoms with Gasteiger partial charge in [0.15, 0.2) is 4.90 Å². The van der Waals surface area contributed by atoms with Gasteiger partial charge >= 0.3 is 6.09 Å². The highest BCUT2D eigenvalue weighted by atomic mass is 32.2. The molecule has 192 valence electrons. The Morgan fingerprint density at radius 1 is 1.34 bits per heavy atom. The molecule has 2 heterocycles. The third kappa shape index (κ3) is 5.81. The van der Waals surface area contributed by atoms with Crippen molar-refractivity contribution in [2.24, 2.45) is 7.05 Å². The smallest absolute Gasteiger partial charge is 0.412 e. The van der Waals surface area contributed by atoms with Crippen molar-refractivity contribution in [1.29, 1.82) is 0 Å². The van der Waals surface area contributed by atoms with Gasteiger partial charge in [-0.1, -0.05) is 6.58 Å². The van der Waals surface area contributed by atoms with Crippen LogP contribution in [-0.2, 0) is 21.8 Å². The van der Waals surface area contributed by atoms with Gasteiger partial charge in [0, 0.05) is 18.4 Å². The first kappa shape index (κ1) is 26.2. The minimum absolute atomic E-state index is 0.00214. The van der Waals surface area contributed by atoms with Crippen molar-refractivity contribution in [2.75, 3.05) is 29.8 Å². The number of rotatable bonds is 7. The van der Waals surface area contributed by atoms with E-state index in [4.69, 9.17) is 14.2 Å². The zero-order valence-corrected chi connectivity index (χ0v) is 21.9. The molecule has 0 bridgehead atoms. The Balaban J connectivity index is 2.06. The maximum atomic E-state index is 14.0. The van der Waals surface area contributed by atoms with Gasteiger partial charge in [0.2, 0.25) is 0 Å². The van der Waals surface area contributed by atoms with E-state index in [0.29, 0.717) is 23.7 Å². The van der Waals surface area contributed by atoms with Crippen LogP contribution in [0.5, 0.6) is 11.6 Å². The Morgan fingerprint density at radius 3 is 2.63 bits per heavy atom. The second-order valence-electron chi connectivity index (χ2n) is 9.29. The summed E-state index contributed by atoms with van der Waals surface area (Å²) in [5, 5.41) is 9.92. The highest BCUT2D eigenvalue weighted by Crippen LogP contribution is 2.41. The third-order valence-electron chi connectivity index (χ3n) is 5.16. The van der Waals surface area contributed by atoms with Gasteiger partial charge in [-0.05, 0) is 52.8 Å². The van der Waals surface area contributed by atoms with Gasteiger partial charge in [0.25, 0.3) is 15.9 Å². The third-order valence-corrected chi connectivity index (χ3v) is 7.07. The van der Waals surface area contributed by atoms with E-state index in [1.807, 2.05) is 6.92 Å². The van der Waals surface area contributed by atoms with Crippen LogP contribution >= 0.6 is 0 Å². The number of nitrogens with one attached hydrogen (secondary N) is 2. The SMILES string of the molecule is C=C(C)NC[C@H]1CN(S(=O)(=O)c2c(OC)nn(C)c2C)c2cc(NC(=O)OC(C)(C)C)ccc2O1. The summed E-state index contributed by atoms with van der Waals surface area (Å²) in [5.74, 6) is 0.348. The van der Waals surface area contributed by atoms with Crippen LogP contribution in [0.15, 0.2) is 35.4 Å². The van der Waals surface area contributed by atoms with Crippen LogP contribution < -0.4 is 24.4 Å². The summed E-state index contributed by atoms with van der Waals surface area (Å²) < 4.78 is 47.3. The molecule has 0 radical (unpaired) electrons. The number of hydrogen-bond acceptors (Lipinski definition) is 8. The van der Waals surface area contributed by atoms with E-state index in [9.17, 15) is 13.2 Å². The molecule has 0 saturated carbocycles. The summed E-state index contributed by atoms with van der Waals surface area (Å²) in [6.45, 7) is 12.9. The predicted molar refractivity (Wildman–Crippen MR) is 133 cm³/mol. The summed E-state index contributed by atoms with van der Waals surface area (Å²) in [7, 11) is -1.11. The summed E-state index contributed by atoms with van der Waals surface area (Å²) in [6.07, 6.45) is -1.15. The van der Waals surface area contributed by atoms with E-state index in [2.05, 4.69) is 22.3 Å². The maximum Gasteiger partial charge on any atom is 0.412 e. The summed E-state index contributed by atoms with van der Waals surface area (Å²) in [4.78, 5) is 12.3. The van der Waals surface area contributed by atoms with Gasteiger partial charge in [-0.2, -0.15) is 0 Å². The molecular weight excluding hydrogens is 474 g/mol. The Bertz CT molecular complexity index is 1230. The number of fused-ring (bicyclic) bond motifs is 1. The lowest BCUT2D eigenvalue weighted by atomic mass is 10.2. The van der Waals surface area contributed by atoms with E-state index < -0.39 is 27.8 Å². The Morgan fingerprint density at radius 2 is 2.03 bits per heavy atom. The second-order valence-corrected chi connectivity index (χ2v) is 11.1. The zero-order chi connectivity index (χ0) is 26.1. The molecular formula is C23H33N5O6S. The molecule has 0 spiro atoms. The molecule has 1 aliphatic rings. The molecule has 1 aromatic heterocycles. The number of carbonyl (C=O) groups excluding carboxylic acids is 1. The standard InChI is InChI=1S/C23H33N5O6S/c1-14(2)24-12-17-13-28(35(30,31)20-15(3)27(7)26-21(20)32-8)18-11-16(9-10-19(18)33-17)25-22(29)34-23(4,5)6/h9-11,17,24H,1,12-13H2,2-8H3,(H,25,29)/t17-/m0/s1. The van der Waals surface area contributed by atoms with Gasteiger partial charge in [0.05, 0.1) is 31.6 Å². The summed E-state index contributed by atoms with van der Waals surface area (Å²) in [6, 6.07) is 4.78. The second kappa shape index (κ2) is 9.68. The number of methoxy groups -OCH3 is 1. The quantitative estimate of drug-likeness (QED) is 0.586. The van der Waals surface area contributed by atoms with Gasteiger partial charge in [-0.15, -0.1) is 5.10 Å². The van der Waals surface area contributed by atoms with E-state index in [1.165, 1.54) is 22.2 Å². The number of aromatic nitrogens is 2. The molecule has 0 saturated heterocycles. The van der Waals surface area contributed by atoms with Crippen molar-refractivity contribution in [3.05, 3.63) is 36.2 Å². The number of aryl methyl sites for hydroxylation is 1.